The highest BCUT2D eigenvalue weighted by molar-refractivity contribution is 6.31. The normalized spacial score (nSPS) is 10.2. The number of pyridine rings is 1. The maximum atomic E-state index is 13.2. The van der Waals surface area contributed by atoms with Gasteiger partial charge in [0.25, 0.3) is 5.91 Å². The number of carbonyl (C=O) groups excluding carboxylic acids is 2. The molecule has 3 N–H and O–H groups in total. The van der Waals surface area contributed by atoms with Crippen LogP contribution in [0, 0.1) is 5.82 Å². The molecule has 8 heteroatoms. The number of rotatable bonds is 5. The number of benzene rings is 2. The fourth-order valence-corrected chi connectivity index (χ4v) is 2.62. The highest BCUT2D eigenvalue weighted by Crippen LogP contribution is 2.22. The van der Waals surface area contributed by atoms with Crippen molar-refractivity contribution in [1.82, 2.24) is 4.98 Å². The summed E-state index contributed by atoms with van der Waals surface area (Å²) >= 11 is 5.73. The van der Waals surface area contributed by atoms with Gasteiger partial charge in [0.2, 0.25) is 5.91 Å². The summed E-state index contributed by atoms with van der Waals surface area (Å²) in [4.78, 5) is 27.8. The van der Waals surface area contributed by atoms with E-state index in [1.54, 1.807) is 36.4 Å². The lowest BCUT2D eigenvalue weighted by Gasteiger charge is -2.10. The van der Waals surface area contributed by atoms with E-state index in [2.05, 4.69) is 20.9 Å². The Kier molecular flexibility index (Phi) is 5.86. The van der Waals surface area contributed by atoms with Gasteiger partial charge in [0.05, 0.1) is 5.02 Å². The first kappa shape index (κ1) is 19.3. The van der Waals surface area contributed by atoms with E-state index < -0.39 is 5.82 Å². The van der Waals surface area contributed by atoms with Crippen LogP contribution in [0.25, 0.3) is 0 Å². The third kappa shape index (κ3) is 5.05. The fourth-order valence-electron chi connectivity index (χ4n) is 2.44. The molecule has 0 spiro atoms. The zero-order valence-corrected chi connectivity index (χ0v) is 15.5. The third-order valence-electron chi connectivity index (χ3n) is 3.65. The smallest absolute Gasteiger partial charge is 0.255 e. The van der Waals surface area contributed by atoms with Gasteiger partial charge in [-0.2, -0.15) is 0 Å². The quantitative estimate of drug-likeness (QED) is 0.575. The van der Waals surface area contributed by atoms with Crippen molar-refractivity contribution in [3.63, 3.8) is 0 Å². The van der Waals surface area contributed by atoms with Crippen molar-refractivity contribution >= 4 is 46.3 Å². The van der Waals surface area contributed by atoms with Gasteiger partial charge in [-0.05, 0) is 48.5 Å². The first-order chi connectivity index (χ1) is 13.4. The number of carbonyl (C=O) groups is 2. The lowest BCUT2D eigenvalue weighted by molar-refractivity contribution is -0.114. The van der Waals surface area contributed by atoms with Crippen LogP contribution in [-0.4, -0.2) is 16.8 Å². The second kappa shape index (κ2) is 8.49. The minimum Gasteiger partial charge on any atom is -0.340 e. The Bertz CT molecular complexity index is 1040. The maximum absolute atomic E-state index is 13.2. The van der Waals surface area contributed by atoms with Crippen LogP contribution in [0.15, 0.2) is 60.8 Å². The summed E-state index contributed by atoms with van der Waals surface area (Å²) in [5.74, 6) is -0.670. The van der Waals surface area contributed by atoms with Gasteiger partial charge < -0.3 is 16.0 Å². The van der Waals surface area contributed by atoms with Gasteiger partial charge in [-0.25, -0.2) is 9.37 Å². The number of nitrogens with zero attached hydrogens (tertiary/aromatic N) is 1. The molecule has 0 saturated carbocycles. The van der Waals surface area contributed by atoms with Crippen molar-refractivity contribution in [1.29, 1.82) is 0 Å². The highest BCUT2D eigenvalue weighted by atomic mass is 35.5. The molecule has 3 aromatic rings. The average Bonchev–Trinajstić information content (AvgIpc) is 2.65. The van der Waals surface area contributed by atoms with Crippen LogP contribution in [0.3, 0.4) is 0 Å². The zero-order chi connectivity index (χ0) is 20.1. The molecule has 1 aromatic heterocycles. The van der Waals surface area contributed by atoms with Crippen LogP contribution in [0.4, 0.5) is 27.3 Å². The Hall–Kier alpha value is -3.45. The number of nitrogens with one attached hydrogen (secondary N) is 3. The zero-order valence-electron chi connectivity index (χ0n) is 14.8. The van der Waals surface area contributed by atoms with E-state index in [0.717, 1.165) is 0 Å². The SMILES string of the molecule is CC(=O)Nc1cccc(Nc2cc(C(=O)Nc3ccc(F)c(Cl)c3)ccn2)c1. The Balaban J connectivity index is 1.73. The van der Waals surface area contributed by atoms with Gasteiger partial charge in [-0.1, -0.05) is 17.7 Å². The Labute approximate surface area is 165 Å². The monoisotopic (exact) mass is 398 g/mol. The summed E-state index contributed by atoms with van der Waals surface area (Å²) in [6.07, 6.45) is 1.49. The average molecular weight is 399 g/mol. The van der Waals surface area contributed by atoms with Gasteiger partial charge in [-0.3, -0.25) is 9.59 Å². The minimum atomic E-state index is -0.559. The molecule has 28 heavy (non-hydrogen) atoms. The van der Waals surface area contributed by atoms with Crippen LogP contribution in [0.2, 0.25) is 5.02 Å². The molecule has 0 aliphatic carbocycles. The van der Waals surface area contributed by atoms with Crippen molar-refractivity contribution in [3.05, 3.63) is 77.2 Å². The predicted octanol–water partition coefficient (Wildman–Crippen LogP) is 4.83. The third-order valence-corrected chi connectivity index (χ3v) is 3.94. The molecule has 0 saturated heterocycles. The highest BCUT2D eigenvalue weighted by Gasteiger charge is 2.09. The molecular formula is C20H16ClFN4O2. The lowest BCUT2D eigenvalue weighted by atomic mass is 10.2. The topological polar surface area (TPSA) is 83.1 Å². The number of halogens is 2. The van der Waals surface area contributed by atoms with E-state index in [0.29, 0.717) is 28.4 Å². The predicted molar refractivity (Wildman–Crippen MR) is 108 cm³/mol. The van der Waals surface area contributed by atoms with E-state index in [1.807, 2.05) is 0 Å². The molecule has 1 heterocycles. The number of anilines is 4. The summed E-state index contributed by atoms with van der Waals surface area (Å²) in [5, 5.41) is 8.36. The van der Waals surface area contributed by atoms with Crippen molar-refractivity contribution in [2.45, 2.75) is 6.92 Å². The molecule has 0 atom stereocenters. The van der Waals surface area contributed by atoms with Crippen LogP contribution < -0.4 is 16.0 Å². The van der Waals surface area contributed by atoms with E-state index in [4.69, 9.17) is 11.6 Å². The molecule has 3 rings (SSSR count). The maximum Gasteiger partial charge on any atom is 0.255 e. The minimum absolute atomic E-state index is 0.0751. The molecule has 2 aromatic carbocycles. The molecule has 0 radical (unpaired) electrons. The van der Waals surface area contributed by atoms with Crippen LogP contribution in [0.5, 0.6) is 0 Å². The molecule has 0 unspecified atom stereocenters. The van der Waals surface area contributed by atoms with E-state index in [1.165, 1.54) is 31.3 Å². The number of hydrogen-bond acceptors (Lipinski definition) is 4. The summed E-state index contributed by atoms with van der Waals surface area (Å²) in [6, 6.07) is 14.2. The van der Waals surface area contributed by atoms with Gasteiger partial charge in [0, 0.05) is 35.7 Å². The van der Waals surface area contributed by atoms with Crippen molar-refractivity contribution < 1.29 is 14.0 Å². The van der Waals surface area contributed by atoms with Gasteiger partial charge in [-0.15, -0.1) is 0 Å². The van der Waals surface area contributed by atoms with Crippen LogP contribution >= 0.6 is 11.6 Å². The molecule has 0 fully saturated rings. The summed E-state index contributed by atoms with van der Waals surface area (Å²) in [6.45, 7) is 1.43. The molecule has 0 aliphatic heterocycles. The van der Waals surface area contributed by atoms with Gasteiger partial charge >= 0.3 is 0 Å². The summed E-state index contributed by atoms with van der Waals surface area (Å²) in [5.41, 5.74) is 2.07. The molecule has 0 aliphatic rings. The van der Waals surface area contributed by atoms with E-state index >= 15 is 0 Å². The van der Waals surface area contributed by atoms with Gasteiger partial charge in [0.15, 0.2) is 0 Å². The van der Waals surface area contributed by atoms with Crippen LogP contribution in [-0.2, 0) is 4.79 Å². The van der Waals surface area contributed by atoms with Gasteiger partial charge in [0.1, 0.15) is 11.6 Å². The molecule has 2 amide bonds. The standard InChI is InChI=1S/C20H16ClFN4O2/c1-12(27)24-14-3-2-4-15(10-14)25-19-9-13(7-8-23-19)20(28)26-16-5-6-18(22)17(21)11-16/h2-11H,1H3,(H,23,25)(H,24,27)(H,26,28). The van der Waals surface area contributed by atoms with Crippen molar-refractivity contribution in [2.75, 3.05) is 16.0 Å². The van der Waals surface area contributed by atoms with E-state index in [-0.39, 0.29) is 16.8 Å². The molecular weight excluding hydrogens is 383 g/mol. The van der Waals surface area contributed by atoms with Crippen molar-refractivity contribution in [2.24, 2.45) is 0 Å². The number of aromatic nitrogens is 1. The Morgan fingerprint density at radius 2 is 1.71 bits per heavy atom. The number of hydrogen-bond donors (Lipinski definition) is 3. The second-order valence-electron chi connectivity index (χ2n) is 5.90. The summed E-state index contributed by atoms with van der Waals surface area (Å²) in [7, 11) is 0. The molecule has 142 valence electrons. The second-order valence-corrected chi connectivity index (χ2v) is 6.31. The lowest BCUT2D eigenvalue weighted by Crippen LogP contribution is -2.12. The van der Waals surface area contributed by atoms with E-state index in [9.17, 15) is 14.0 Å². The molecule has 6 nitrogen and oxygen atoms in total. The Morgan fingerprint density at radius 1 is 0.964 bits per heavy atom. The first-order valence-corrected chi connectivity index (χ1v) is 8.65. The summed E-state index contributed by atoms with van der Waals surface area (Å²) < 4.78 is 13.2. The van der Waals surface area contributed by atoms with Crippen molar-refractivity contribution in [3.8, 4) is 0 Å². The Morgan fingerprint density at radius 3 is 2.46 bits per heavy atom. The molecule has 0 bridgehead atoms. The first-order valence-electron chi connectivity index (χ1n) is 8.28. The van der Waals surface area contributed by atoms with Crippen LogP contribution in [0.1, 0.15) is 17.3 Å². The fraction of sp³-hybridized carbons (Fsp3) is 0.0500. The number of amides is 2. The largest absolute Gasteiger partial charge is 0.340 e.